The summed E-state index contributed by atoms with van der Waals surface area (Å²) < 4.78 is 0. The standard InChI is InChI=1S/C19H21N3S/c1-3-14(2)17-8-10-18(11-9-17)22-19(21)23-13-16-6-4-15(12-20)5-7-16/h4-11,14H,3,13H2,1-2H3,(H2,21,22)/t14-/m0/s1. The normalized spacial score (nSPS) is 12.7. The third kappa shape index (κ3) is 5.15. The van der Waals surface area contributed by atoms with Crippen molar-refractivity contribution in [2.45, 2.75) is 31.9 Å². The van der Waals surface area contributed by atoms with Crippen molar-refractivity contribution in [3.8, 4) is 6.07 Å². The lowest BCUT2D eigenvalue weighted by atomic mass is 9.99. The molecule has 0 unspecified atom stereocenters. The third-order valence-corrected chi connectivity index (χ3v) is 4.65. The van der Waals surface area contributed by atoms with Crippen molar-refractivity contribution in [1.82, 2.24) is 0 Å². The molecule has 0 fully saturated rings. The Hall–Kier alpha value is -2.25. The van der Waals surface area contributed by atoms with Crippen molar-refractivity contribution in [3.63, 3.8) is 0 Å². The van der Waals surface area contributed by atoms with Gasteiger partial charge in [0.15, 0.2) is 5.17 Å². The van der Waals surface area contributed by atoms with Crippen LogP contribution in [0.15, 0.2) is 53.5 Å². The average molecular weight is 323 g/mol. The smallest absolute Gasteiger partial charge is 0.159 e. The highest BCUT2D eigenvalue weighted by Crippen LogP contribution is 2.23. The number of thioether (sulfide) groups is 1. The Labute approximate surface area is 142 Å². The summed E-state index contributed by atoms with van der Waals surface area (Å²) in [6.45, 7) is 4.41. The second kappa shape index (κ2) is 8.40. The maximum Gasteiger partial charge on any atom is 0.159 e. The molecule has 2 aromatic rings. The summed E-state index contributed by atoms with van der Waals surface area (Å²) in [5.74, 6) is 1.31. The zero-order chi connectivity index (χ0) is 16.7. The molecule has 0 heterocycles. The monoisotopic (exact) mass is 323 g/mol. The van der Waals surface area contributed by atoms with Crippen LogP contribution in [0.25, 0.3) is 0 Å². The van der Waals surface area contributed by atoms with E-state index in [-0.39, 0.29) is 0 Å². The van der Waals surface area contributed by atoms with Crippen molar-refractivity contribution in [2.24, 2.45) is 10.7 Å². The van der Waals surface area contributed by atoms with E-state index < -0.39 is 0 Å². The molecular formula is C19H21N3S. The molecule has 0 saturated heterocycles. The number of rotatable bonds is 5. The van der Waals surface area contributed by atoms with Crippen LogP contribution in [0.1, 0.15) is 42.9 Å². The van der Waals surface area contributed by atoms with Crippen LogP contribution in [-0.2, 0) is 5.75 Å². The summed E-state index contributed by atoms with van der Waals surface area (Å²) in [6.07, 6.45) is 1.13. The topological polar surface area (TPSA) is 62.2 Å². The van der Waals surface area contributed by atoms with Crippen LogP contribution in [0.3, 0.4) is 0 Å². The van der Waals surface area contributed by atoms with Crippen molar-refractivity contribution in [1.29, 1.82) is 5.26 Å². The van der Waals surface area contributed by atoms with Gasteiger partial charge in [0.05, 0.1) is 17.3 Å². The van der Waals surface area contributed by atoms with E-state index in [9.17, 15) is 0 Å². The quantitative estimate of drug-likeness (QED) is 0.625. The highest BCUT2D eigenvalue weighted by molar-refractivity contribution is 8.13. The number of nitrogens with two attached hydrogens (primary N) is 1. The first kappa shape index (κ1) is 17.1. The Morgan fingerprint density at radius 3 is 2.39 bits per heavy atom. The predicted octanol–water partition coefficient (Wildman–Crippen LogP) is 4.95. The van der Waals surface area contributed by atoms with E-state index in [0.29, 0.717) is 16.6 Å². The van der Waals surface area contributed by atoms with Crippen molar-refractivity contribution >= 4 is 22.6 Å². The summed E-state index contributed by atoms with van der Waals surface area (Å²) in [6, 6.07) is 17.9. The van der Waals surface area contributed by atoms with Crippen LogP contribution in [-0.4, -0.2) is 5.17 Å². The predicted molar refractivity (Wildman–Crippen MR) is 98.9 cm³/mol. The number of nitriles is 1. The van der Waals surface area contributed by atoms with Gasteiger partial charge in [-0.3, -0.25) is 0 Å². The summed E-state index contributed by atoms with van der Waals surface area (Å²) >= 11 is 1.50. The number of nitrogens with zero attached hydrogens (tertiary/aromatic N) is 2. The SMILES string of the molecule is CC[C@H](C)c1ccc(N=C(N)SCc2ccc(C#N)cc2)cc1. The fourth-order valence-corrected chi connectivity index (χ4v) is 2.78. The number of hydrogen-bond donors (Lipinski definition) is 1. The van der Waals surface area contributed by atoms with E-state index in [4.69, 9.17) is 11.0 Å². The molecule has 3 nitrogen and oxygen atoms in total. The molecule has 0 saturated carbocycles. The molecule has 4 heteroatoms. The first-order valence-electron chi connectivity index (χ1n) is 7.68. The maximum atomic E-state index is 8.79. The van der Waals surface area contributed by atoms with Gasteiger partial charge in [0, 0.05) is 5.75 Å². The zero-order valence-electron chi connectivity index (χ0n) is 13.5. The molecule has 118 valence electrons. The number of benzene rings is 2. The molecule has 0 radical (unpaired) electrons. The Morgan fingerprint density at radius 1 is 1.17 bits per heavy atom. The Balaban J connectivity index is 1.95. The molecule has 0 spiro atoms. The van der Waals surface area contributed by atoms with E-state index in [2.05, 4.69) is 37.0 Å². The second-order valence-electron chi connectivity index (χ2n) is 5.45. The average Bonchev–Trinajstić information content (AvgIpc) is 2.60. The van der Waals surface area contributed by atoms with Crippen LogP contribution in [0, 0.1) is 11.3 Å². The molecule has 23 heavy (non-hydrogen) atoms. The molecule has 2 N–H and O–H groups in total. The molecule has 0 aromatic heterocycles. The van der Waals surface area contributed by atoms with Gasteiger partial charge in [-0.15, -0.1) is 0 Å². The molecule has 1 atom stereocenters. The molecule has 0 bridgehead atoms. The van der Waals surface area contributed by atoms with E-state index in [1.54, 1.807) is 0 Å². The van der Waals surface area contributed by atoms with Crippen molar-refractivity contribution in [2.75, 3.05) is 0 Å². The van der Waals surface area contributed by atoms with Crippen molar-refractivity contribution in [3.05, 3.63) is 65.2 Å². The van der Waals surface area contributed by atoms with Gasteiger partial charge in [-0.1, -0.05) is 49.9 Å². The van der Waals surface area contributed by atoms with Gasteiger partial charge >= 0.3 is 0 Å². The molecular weight excluding hydrogens is 302 g/mol. The summed E-state index contributed by atoms with van der Waals surface area (Å²) in [7, 11) is 0. The first-order chi connectivity index (χ1) is 11.1. The highest BCUT2D eigenvalue weighted by Gasteiger charge is 2.03. The Bertz CT molecular complexity index is 697. The van der Waals surface area contributed by atoms with E-state index in [1.807, 2.05) is 36.4 Å². The minimum atomic E-state index is 0.547. The maximum absolute atomic E-state index is 8.79. The molecule has 2 rings (SSSR count). The van der Waals surface area contributed by atoms with E-state index >= 15 is 0 Å². The largest absolute Gasteiger partial charge is 0.378 e. The van der Waals surface area contributed by atoms with Crippen LogP contribution in [0.2, 0.25) is 0 Å². The third-order valence-electron chi connectivity index (χ3n) is 3.78. The van der Waals surface area contributed by atoms with Gasteiger partial charge < -0.3 is 5.73 Å². The molecule has 0 amide bonds. The lowest BCUT2D eigenvalue weighted by molar-refractivity contribution is 0.734. The number of hydrogen-bond acceptors (Lipinski definition) is 3. The lowest BCUT2D eigenvalue weighted by Crippen LogP contribution is -2.06. The zero-order valence-corrected chi connectivity index (χ0v) is 14.3. The Kier molecular flexibility index (Phi) is 6.25. The lowest BCUT2D eigenvalue weighted by Gasteiger charge is -2.08. The fourth-order valence-electron chi connectivity index (χ4n) is 2.11. The van der Waals surface area contributed by atoms with Crippen LogP contribution < -0.4 is 5.73 Å². The van der Waals surface area contributed by atoms with Gasteiger partial charge in [0.1, 0.15) is 0 Å². The van der Waals surface area contributed by atoms with E-state index in [1.165, 1.54) is 17.3 Å². The molecule has 0 aliphatic carbocycles. The summed E-state index contributed by atoms with van der Waals surface area (Å²) in [5, 5.41) is 9.33. The first-order valence-corrected chi connectivity index (χ1v) is 8.67. The molecule has 0 aliphatic rings. The molecule has 2 aromatic carbocycles. The second-order valence-corrected chi connectivity index (χ2v) is 6.44. The number of amidine groups is 1. The van der Waals surface area contributed by atoms with Crippen LogP contribution >= 0.6 is 11.8 Å². The van der Waals surface area contributed by atoms with Gasteiger partial charge in [0.2, 0.25) is 0 Å². The van der Waals surface area contributed by atoms with Gasteiger partial charge in [-0.25, -0.2) is 4.99 Å². The van der Waals surface area contributed by atoms with E-state index in [0.717, 1.165) is 23.4 Å². The summed E-state index contributed by atoms with van der Waals surface area (Å²) in [4.78, 5) is 4.44. The van der Waals surface area contributed by atoms with Crippen LogP contribution in [0.4, 0.5) is 5.69 Å². The Morgan fingerprint density at radius 2 is 1.83 bits per heavy atom. The van der Waals surface area contributed by atoms with Gasteiger partial charge in [-0.05, 0) is 47.7 Å². The minimum absolute atomic E-state index is 0.547. The minimum Gasteiger partial charge on any atom is -0.378 e. The number of aliphatic imine (C=N–C) groups is 1. The fraction of sp³-hybridized carbons (Fsp3) is 0.263. The van der Waals surface area contributed by atoms with Gasteiger partial charge in [-0.2, -0.15) is 5.26 Å². The molecule has 0 aliphatic heterocycles. The highest BCUT2D eigenvalue weighted by atomic mass is 32.2. The van der Waals surface area contributed by atoms with Gasteiger partial charge in [0.25, 0.3) is 0 Å². The van der Waals surface area contributed by atoms with Crippen LogP contribution in [0.5, 0.6) is 0 Å². The van der Waals surface area contributed by atoms with Crippen molar-refractivity contribution < 1.29 is 0 Å². The summed E-state index contributed by atoms with van der Waals surface area (Å²) in [5.41, 5.74) is 9.99.